The summed E-state index contributed by atoms with van der Waals surface area (Å²) in [6, 6.07) is 0. The molecule has 0 unspecified atom stereocenters. The lowest BCUT2D eigenvalue weighted by Gasteiger charge is -2.01. The number of nitrogens with one attached hydrogen (secondary N) is 1. The standard InChI is InChI=1S/C7H14N4/c1-4(2)3-5-6(8)7(9)11-10-5/h4H,3,8H2,1-2H3,(H3,9,10,11). The Morgan fingerprint density at radius 3 is 2.45 bits per heavy atom. The van der Waals surface area contributed by atoms with Gasteiger partial charge in [-0.3, -0.25) is 5.10 Å². The lowest BCUT2D eigenvalue weighted by atomic mass is 10.1. The summed E-state index contributed by atoms with van der Waals surface area (Å²) in [5.41, 5.74) is 12.6. The summed E-state index contributed by atoms with van der Waals surface area (Å²) in [6.45, 7) is 4.24. The number of aromatic amines is 1. The maximum Gasteiger partial charge on any atom is 0.168 e. The van der Waals surface area contributed by atoms with Crippen LogP contribution in [0.3, 0.4) is 0 Å². The number of nitrogens with zero attached hydrogens (tertiary/aromatic N) is 1. The van der Waals surface area contributed by atoms with Gasteiger partial charge >= 0.3 is 0 Å². The molecule has 62 valence electrons. The van der Waals surface area contributed by atoms with E-state index in [0.29, 0.717) is 17.4 Å². The van der Waals surface area contributed by atoms with E-state index in [1.165, 1.54) is 0 Å². The number of hydrogen-bond acceptors (Lipinski definition) is 3. The van der Waals surface area contributed by atoms with E-state index in [1.54, 1.807) is 0 Å². The van der Waals surface area contributed by atoms with Gasteiger partial charge in [0.2, 0.25) is 0 Å². The van der Waals surface area contributed by atoms with Gasteiger partial charge in [0.1, 0.15) is 0 Å². The molecule has 0 saturated carbocycles. The van der Waals surface area contributed by atoms with E-state index in [4.69, 9.17) is 11.5 Å². The third kappa shape index (κ3) is 1.63. The largest absolute Gasteiger partial charge is 0.394 e. The third-order valence-corrected chi connectivity index (χ3v) is 1.52. The van der Waals surface area contributed by atoms with Gasteiger partial charge in [0.25, 0.3) is 0 Å². The summed E-state index contributed by atoms with van der Waals surface area (Å²) >= 11 is 0. The second kappa shape index (κ2) is 2.82. The van der Waals surface area contributed by atoms with Crippen LogP contribution in [0.5, 0.6) is 0 Å². The first-order valence-electron chi connectivity index (χ1n) is 3.69. The fourth-order valence-corrected chi connectivity index (χ4v) is 0.967. The zero-order valence-corrected chi connectivity index (χ0v) is 6.89. The van der Waals surface area contributed by atoms with E-state index < -0.39 is 0 Å². The number of hydrogen-bond donors (Lipinski definition) is 3. The molecule has 0 spiro atoms. The van der Waals surface area contributed by atoms with Gasteiger partial charge in [-0.25, -0.2) is 0 Å². The molecule has 0 aliphatic carbocycles. The Balaban J connectivity index is 2.79. The van der Waals surface area contributed by atoms with Crippen molar-refractivity contribution in [1.29, 1.82) is 0 Å². The molecule has 4 heteroatoms. The van der Waals surface area contributed by atoms with Crippen LogP contribution in [0.2, 0.25) is 0 Å². The average molecular weight is 154 g/mol. The molecular weight excluding hydrogens is 140 g/mol. The molecule has 0 amide bonds. The fraction of sp³-hybridized carbons (Fsp3) is 0.571. The first kappa shape index (κ1) is 7.91. The SMILES string of the molecule is CC(C)Cc1[nH]nc(N)c1N. The van der Waals surface area contributed by atoms with E-state index in [2.05, 4.69) is 24.0 Å². The Morgan fingerprint density at radius 2 is 2.09 bits per heavy atom. The Bertz CT molecular complexity index is 239. The molecule has 1 aromatic rings. The molecule has 0 fully saturated rings. The summed E-state index contributed by atoms with van der Waals surface area (Å²) in [5, 5.41) is 6.60. The van der Waals surface area contributed by atoms with Gasteiger partial charge in [-0.15, -0.1) is 0 Å². The topological polar surface area (TPSA) is 80.7 Å². The van der Waals surface area contributed by atoms with Crippen molar-refractivity contribution >= 4 is 11.5 Å². The maximum absolute atomic E-state index is 5.63. The Labute approximate surface area is 66.0 Å². The van der Waals surface area contributed by atoms with Crippen LogP contribution in [-0.4, -0.2) is 10.2 Å². The second-order valence-corrected chi connectivity index (χ2v) is 3.10. The summed E-state index contributed by atoms with van der Waals surface area (Å²) in [7, 11) is 0. The molecule has 4 nitrogen and oxygen atoms in total. The summed E-state index contributed by atoms with van der Waals surface area (Å²) in [4.78, 5) is 0. The Hall–Kier alpha value is -1.19. The Kier molecular flexibility index (Phi) is 2.03. The molecule has 1 rings (SSSR count). The van der Waals surface area contributed by atoms with Gasteiger partial charge < -0.3 is 11.5 Å². The van der Waals surface area contributed by atoms with Crippen LogP contribution >= 0.6 is 0 Å². The molecule has 11 heavy (non-hydrogen) atoms. The van der Waals surface area contributed by atoms with Gasteiger partial charge in [0, 0.05) is 0 Å². The van der Waals surface area contributed by atoms with Crippen molar-refractivity contribution in [1.82, 2.24) is 10.2 Å². The van der Waals surface area contributed by atoms with Crippen molar-refractivity contribution in [2.75, 3.05) is 11.5 Å². The van der Waals surface area contributed by atoms with Gasteiger partial charge in [-0.2, -0.15) is 5.10 Å². The highest BCUT2D eigenvalue weighted by Gasteiger charge is 2.07. The van der Waals surface area contributed by atoms with Crippen LogP contribution in [-0.2, 0) is 6.42 Å². The molecule has 1 aromatic heterocycles. The minimum absolute atomic E-state index is 0.403. The molecule has 0 radical (unpaired) electrons. The van der Waals surface area contributed by atoms with E-state index >= 15 is 0 Å². The van der Waals surface area contributed by atoms with Crippen LogP contribution in [0.25, 0.3) is 0 Å². The monoisotopic (exact) mass is 154 g/mol. The second-order valence-electron chi connectivity index (χ2n) is 3.10. The molecule has 0 saturated heterocycles. The summed E-state index contributed by atoms with van der Waals surface area (Å²) in [5.74, 6) is 0.970. The quantitative estimate of drug-likeness (QED) is 0.588. The fourth-order valence-electron chi connectivity index (χ4n) is 0.967. The highest BCUT2D eigenvalue weighted by atomic mass is 15.2. The van der Waals surface area contributed by atoms with Crippen LogP contribution < -0.4 is 11.5 Å². The van der Waals surface area contributed by atoms with E-state index in [0.717, 1.165) is 12.1 Å². The van der Waals surface area contributed by atoms with Crippen LogP contribution in [0.4, 0.5) is 11.5 Å². The van der Waals surface area contributed by atoms with E-state index in [9.17, 15) is 0 Å². The number of aromatic nitrogens is 2. The minimum Gasteiger partial charge on any atom is -0.394 e. The number of H-pyrrole nitrogens is 1. The zero-order valence-electron chi connectivity index (χ0n) is 6.89. The predicted molar refractivity (Wildman–Crippen MR) is 46.0 cm³/mol. The molecule has 0 atom stereocenters. The molecule has 0 aromatic carbocycles. The normalized spacial score (nSPS) is 10.8. The highest BCUT2D eigenvalue weighted by molar-refractivity contribution is 5.61. The van der Waals surface area contributed by atoms with Crippen LogP contribution in [0.1, 0.15) is 19.5 Å². The van der Waals surface area contributed by atoms with Crippen molar-refractivity contribution in [2.24, 2.45) is 5.92 Å². The van der Waals surface area contributed by atoms with Crippen molar-refractivity contribution in [3.05, 3.63) is 5.69 Å². The molecule has 0 aliphatic heterocycles. The van der Waals surface area contributed by atoms with Crippen LogP contribution in [0.15, 0.2) is 0 Å². The highest BCUT2D eigenvalue weighted by Crippen LogP contribution is 2.18. The van der Waals surface area contributed by atoms with Crippen molar-refractivity contribution < 1.29 is 0 Å². The first-order valence-corrected chi connectivity index (χ1v) is 3.69. The number of rotatable bonds is 2. The summed E-state index contributed by atoms with van der Waals surface area (Å²) < 4.78 is 0. The smallest absolute Gasteiger partial charge is 0.168 e. The van der Waals surface area contributed by atoms with E-state index in [-0.39, 0.29) is 0 Å². The van der Waals surface area contributed by atoms with Gasteiger partial charge in [-0.05, 0) is 12.3 Å². The number of anilines is 2. The lowest BCUT2D eigenvalue weighted by molar-refractivity contribution is 0.635. The molecule has 0 aliphatic rings. The van der Waals surface area contributed by atoms with E-state index in [1.807, 2.05) is 0 Å². The maximum atomic E-state index is 5.63. The molecule has 1 heterocycles. The van der Waals surface area contributed by atoms with Gasteiger partial charge in [0.15, 0.2) is 5.82 Å². The van der Waals surface area contributed by atoms with Crippen molar-refractivity contribution in [3.63, 3.8) is 0 Å². The van der Waals surface area contributed by atoms with Crippen molar-refractivity contribution in [2.45, 2.75) is 20.3 Å². The average Bonchev–Trinajstić information content (AvgIpc) is 2.18. The van der Waals surface area contributed by atoms with Crippen LogP contribution in [0, 0.1) is 5.92 Å². The number of nitrogen functional groups attached to an aromatic ring is 2. The minimum atomic E-state index is 0.403. The first-order chi connectivity index (χ1) is 5.11. The lowest BCUT2D eigenvalue weighted by Crippen LogP contribution is -1.99. The van der Waals surface area contributed by atoms with Crippen molar-refractivity contribution in [3.8, 4) is 0 Å². The predicted octanol–water partition coefficient (Wildman–Crippen LogP) is 0.773. The van der Waals surface area contributed by atoms with Gasteiger partial charge in [-0.1, -0.05) is 13.8 Å². The zero-order chi connectivity index (χ0) is 8.43. The number of nitrogens with two attached hydrogens (primary N) is 2. The molecular formula is C7H14N4. The van der Waals surface area contributed by atoms with Gasteiger partial charge in [0.05, 0.1) is 11.4 Å². The Morgan fingerprint density at radius 1 is 1.45 bits per heavy atom. The molecule has 5 N–H and O–H groups in total. The third-order valence-electron chi connectivity index (χ3n) is 1.52. The molecule has 0 bridgehead atoms. The summed E-state index contributed by atoms with van der Waals surface area (Å²) in [6.07, 6.45) is 0.899.